The maximum Gasteiger partial charge on any atom is 0.335 e. The molecule has 0 amide bonds. The Kier molecular flexibility index (Phi) is 6.47. The number of hydrogen-bond acceptors (Lipinski definition) is 4. The summed E-state index contributed by atoms with van der Waals surface area (Å²) in [6.07, 6.45) is 0. The zero-order valence-electron chi connectivity index (χ0n) is 14.6. The first kappa shape index (κ1) is 20.0. The minimum atomic E-state index is -3.91. The van der Waals surface area contributed by atoms with Crippen LogP contribution in [0.25, 0.3) is 0 Å². The molecule has 0 atom stereocenters. The normalized spacial score (nSPS) is 11.9. The summed E-state index contributed by atoms with van der Waals surface area (Å²) in [5, 5.41) is 8.95. The predicted molar refractivity (Wildman–Crippen MR) is 96.0 cm³/mol. The van der Waals surface area contributed by atoms with E-state index in [0.29, 0.717) is 6.54 Å². The first-order valence-corrected chi connectivity index (χ1v) is 9.37. The molecule has 6 nitrogen and oxygen atoms in total. The molecule has 140 valence electrons. The fraction of sp³-hybridized carbons (Fsp3) is 0.278. The average molecular weight is 380 g/mol. The number of rotatable bonds is 8. The van der Waals surface area contributed by atoms with Gasteiger partial charge in [-0.15, -0.1) is 0 Å². The smallest absolute Gasteiger partial charge is 0.335 e. The molecule has 0 aliphatic rings. The van der Waals surface area contributed by atoms with E-state index in [1.807, 2.05) is 19.0 Å². The van der Waals surface area contributed by atoms with Gasteiger partial charge in [-0.25, -0.2) is 17.6 Å². The van der Waals surface area contributed by atoms with Gasteiger partial charge in [0.05, 0.1) is 10.5 Å². The number of halogens is 1. The van der Waals surface area contributed by atoms with Crippen LogP contribution in [0.3, 0.4) is 0 Å². The van der Waals surface area contributed by atoms with E-state index in [0.717, 1.165) is 0 Å². The Balaban J connectivity index is 2.35. The van der Waals surface area contributed by atoms with Crippen molar-refractivity contribution in [3.63, 3.8) is 0 Å². The van der Waals surface area contributed by atoms with Gasteiger partial charge in [0.2, 0.25) is 10.0 Å². The quantitative estimate of drug-likeness (QED) is 0.760. The van der Waals surface area contributed by atoms with Gasteiger partial charge in [-0.2, -0.15) is 4.31 Å². The van der Waals surface area contributed by atoms with E-state index in [4.69, 9.17) is 5.11 Å². The van der Waals surface area contributed by atoms with Gasteiger partial charge in [-0.05, 0) is 44.4 Å². The molecule has 0 fully saturated rings. The SMILES string of the molecule is CN(C)CCN(Cc1ccccc1F)S(=O)(=O)c1ccc(C(=O)O)cc1. The Morgan fingerprint density at radius 1 is 1.04 bits per heavy atom. The van der Waals surface area contributed by atoms with Crippen molar-refractivity contribution in [2.45, 2.75) is 11.4 Å². The van der Waals surface area contributed by atoms with Crippen LogP contribution in [0.1, 0.15) is 15.9 Å². The second-order valence-electron chi connectivity index (χ2n) is 6.06. The number of sulfonamides is 1. The Hall–Kier alpha value is -2.29. The molecule has 2 rings (SSSR count). The summed E-state index contributed by atoms with van der Waals surface area (Å²) in [5.41, 5.74) is 0.273. The molecule has 0 bridgehead atoms. The number of likely N-dealkylation sites (N-methyl/N-ethyl adjacent to an activating group) is 1. The van der Waals surface area contributed by atoms with Crippen molar-refractivity contribution >= 4 is 16.0 Å². The van der Waals surface area contributed by atoms with E-state index in [2.05, 4.69) is 0 Å². The Morgan fingerprint density at radius 3 is 2.19 bits per heavy atom. The minimum absolute atomic E-state index is 0.00195. The molecule has 0 radical (unpaired) electrons. The molecular formula is C18H21FN2O4S. The van der Waals surface area contributed by atoms with Crippen LogP contribution in [0.15, 0.2) is 53.4 Å². The lowest BCUT2D eigenvalue weighted by Crippen LogP contribution is -2.36. The molecule has 0 saturated heterocycles. The van der Waals surface area contributed by atoms with Gasteiger partial charge < -0.3 is 10.0 Å². The minimum Gasteiger partial charge on any atom is -0.478 e. The van der Waals surface area contributed by atoms with Crippen molar-refractivity contribution in [2.75, 3.05) is 27.2 Å². The molecule has 0 saturated carbocycles. The third-order valence-corrected chi connectivity index (χ3v) is 5.70. The zero-order chi connectivity index (χ0) is 19.3. The van der Waals surface area contributed by atoms with Gasteiger partial charge in [-0.3, -0.25) is 0 Å². The van der Waals surface area contributed by atoms with Crippen LogP contribution in [-0.4, -0.2) is 55.9 Å². The van der Waals surface area contributed by atoms with Crippen molar-refractivity contribution in [1.29, 1.82) is 0 Å². The van der Waals surface area contributed by atoms with E-state index in [-0.39, 0.29) is 29.1 Å². The third kappa shape index (κ3) is 4.87. The van der Waals surface area contributed by atoms with Crippen LogP contribution in [0.5, 0.6) is 0 Å². The molecule has 8 heteroatoms. The third-order valence-electron chi connectivity index (χ3n) is 3.84. The number of hydrogen-bond donors (Lipinski definition) is 1. The first-order chi connectivity index (χ1) is 12.2. The molecule has 0 aliphatic carbocycles. The number of carboxylic acid groups (broad SMARTS) is 1. The summed E-state index contributed by atoms with van der Waals surface area (Å²) < 4.78 is 41.1. The van der Waals surface area contributed by atoms with Crippen LogP contribution >= 0.6 is 0 Å². The van der Waals surface area contributed by atoms with Crippen LogP contribution in [0.2, 0.25) is 0 Å². The lowest BCUT2D eigenvalue weighted by atomic mass is 10.2. The Morgan fingerprint density at radius 2 is 1.65 bits per heavy atom. The highest BCUT2D eigenvalue weighted by Crippen LogP contribution is 2.20. The molecule has 0 heterocycles. The number of carbonyl (C=O) groups is 1. The summed E-state index contributed by atoms with van der Waals surface area (Å²) in [6.45, 7) is 0.523. The standard InChI is InChI=1S/C18H21FN2O4S/c1-20(2)11-12-21(13-15-5-3-4-6-17(15)19)26(24,25)16-9-7-14(8-10-16)18(22)23/h3-10H,11-13H2,1-2H3,(H,22,23). The second kappa shape index (κ2) is 8.39. The molecule has 0 unspecified atom stereocenters. The van der Waals surface area contributed by atoms with E-state index in [1.165, 1.54) is 34.6 Å². The van der Waals surface area contributed by atoms with Gasteiger partial charge in [-0.1, -0.05) is 18.2 Å². The molecule has 0 aromatic heterocycles. The van der Waals surface area contributed by atoms with E-state index in [9.17, 15) is 17.6 Å². The van der Waals surface area contributed by atoms with E-state index < -0.39 is 21.8 Å². The summed E-state index contributed by atoms with van der Waals surface area (Å²) in [5.74, 6) is -1.61. The van der Waals surface area contributed by atoms with Crippen molar-refractivity contribution < 1.29 is 22.7 Å². The van der Waals surface area contributed by atoms with Gasteiger partial charge in [0.1, 0.15) is 5.82 Å². The van der Waals surface area contributed by atoms with Crippen LogP contribution < -0.4 is 0 Å². The van der Waals surface area contributed by atoms with Gasteiger partial charge >= 0.3 is 5.97 Å². The fourth-order valence-corrected chi connectivity index (χ4v) is 3.74. The number of benzene rings is 2. The van der Waals surface area contributed by atoms with Crippen molar-refractivity contribution in [2.24, 2.45) is 0 Å². The highest BCUT2D eigenvalue weighted by atomic mass is 32.2. The molecule has 26 heavy (non-hydrogen) atoms. The Bertz CT molecular complexity index is 867. The summed E-state index contributed by atoms with van der Waals surface area (Å²) in [4.78, 5) is 12.7. The van der Waals surface area contributed by atoms with Gasteiger partial charge in [0.15, 0.2) is 0 Å². The van der Waals surface area contributed by atoms with Crippen molar-refractivity contribution in [1.82, 2.24) is 9.21 Å². The van der Waals surface area contributed by atoms with Crippen LogP contribution in [-0.2, 0) is 16.6 Å². The molecule has 0 spiro atoms. The number of aromatic carboxylic acids is 1. The maximum atomic E-state index is 14.0. The highest BCUT2D eigenvalue weighted by molar-refractivity contribution is 7.89. The summed E-state index contributed by atoms with van der Waals surface area (Å²) in [7, 11) is -0.277. The molecule has 2 aromatic carbocycles. The zero-order valence-corrected chi connectivity index (χ0v) is 15.4. The summed E-state index contributed by atoms with van der Waals surface area (Å²) in [6, 6.07) is 11.0. The topological polar surface area (TPSA) is 77.9 Å². The van der Waals surface area contributed by atoms with Gasteiger partial charge in [0.25, 0.3) is 0 Å². The van der Waals surface area contributed by atoms with Gasteiger partial charge in [0, 0.05) is 25.2 Å². The monoisotopic (exact) mass is 380 g/mol. The van der Waals surface area contributed by atoms with Crippen molar-refractivity contribution in [3.05, 3.63) is 65.5 Å². The van der Waals surface area contributed by atoms with Crippen LogP contribution in [0.4, 0.5) is 4.39 Å². The highest BCUT2D eigenvalue weighted by Gasteiger charge is 2.25. The van der Waals surface area contributed by atoms with Crippen molar-refractivity contribution in [3.8, 4) is 0 Å². The van der Waals surface area contributed by atoms with E-state index >= 15 is 0 Å². The molecule has 2 aromatic rings. The molecule has 1 N–H and O–H groups in total. The van der Waals surface area contributed by atoms with Crippen LogP contribution in [0, 0.1) is 5.82 Å². The second-order valence-corrected chi connectivity index (χ2v) is 8.00. The molecule has 0 aliphatic heterocycles. The summed E-state index contributed by atoms with van der Waals surface area (Å²) >= 11 is 0. The maximum absolute atomic E-state index is 14.0. The lowest BCUT2D eigenvalue weighted by Gasteiger charge is -2.24. The van der Waals surface area contributed by atoms with E-state index in [1.54, 1.807) is 18.2 Å². The predicted octanol–water partition coefficient (Wildman–Crippen LogP) is 2.28. The lowest BCUT2D eigenvalue weighted by molar-refractivity contribution is 0.0696. The first-order valence-electron chi connectivity index (χ1n) is 7.93. The fourth-order valence-electron chi connectivity index (χ4n) is 2.33. The Labute approximate surface area is 152 Å². The number of carboxylic acids is 1. The average Bonchev–Trinajstić information content (AvgIpc) is 2.59. The largest absolute Gasteiger partial charge is 0.478 e. The molecular weight excluding hydrogens is 359 g/mol. The number of nitrogens with zero attached hydrogens (tertiary/aromatic N) is 2.